The van der Waals surface area contributed by atoms with E-state index in [2.05, 4.69) is 0 Å². The van der Waals surface area contributed by atoms with E-state index in [9.17, 15) is 9.18 Å². The van der Waals surface area contributed by atoms with Gasteiger partial charge in [-0.05, 0) is 29.3 Å². The predicted octanol–water partition coefficient (Wildman–Crippen LogP) is 4.59. The summed E-state index contributed by atoms with van der Waals surface area (Å²) in [4.78, 5) is 12.4. The van der Waals surface area contributed by atoms with Crippen LogP contribution >= 0.6 is 0 Å². The summed E-state index contributed by atoms with van der Waals surface area (Å²) in [7, 11) is 0. The van der Waals surface area contributed by atoms with Crippen molar-refractivity contribution in [2.45, 2.75) is 13.8 Å². The van der Waals surface area contributed by atoms with Gasteiger partial charge in [-0.25, -0.2) is 4.39 Å². The van der Waals surface area contributed by atoms with Gasteiger partial charge in [-0.15, -0.1) is 0 Å². The highest BCUT2D eigenvalue weighted by atomic mass is 19.1. The molecule has 1 nitrogen and oxygen atoms in total. The second-order valence-corrected chi connectivity index (χ2v) is 4.99. The Kier molecular flexibility index (Phi) is 4.46. The third kappa shape index (κ3) is 3.41. The maximum atomic E-state index is 12.9. The first-order valence-corrected chi connectivity index (χ1v) is 6.65. The van der Waals surface area contributed by atoms with E-state index in [4.69, 9.17) is 0 Å². The molecule has 2 aromatic rings. The molecule has 0 amide bonds. The fourth-order valence-electron chi connectivity index (χ4n) is 1.95. The highest BCUT2D eigenvalue weighted by molar-refractivity contribution is 6.25. The number of carbonyl (C=O) groups is 1. The van der Waals surface area contributed by atoms with Crippen molar-refractivity contribution in [1.82, 2.24) is 0 Å². The normalized spacial score (nSPS) is 11.7. The Morgan fingerprint density at radius 2 is 1.60 bits per heavy atom. The monoisotopic (exact) mass is 268 g/mol. The fraction of sp³-hybridized carbons (Fsp3) is 0.167. The number of hydrogen-bond acceptors (Lipinski definition) is 1. The molecule has 2 heteroatoms. The summed E-state index contributed by atoms with van der Waals surface area (Å²) in [5, 5.41) is 0. The maximum Gasteiger partial charge on any atom is 0.166 e. The van der Waals surface area contributed by atoms with Crippen molar-refractivity contribution in [2.24, 2.45) is 5.92 Å². The fourth-order valence-corrected chi connectivity index (χ4v) is 1.95. The quantitative estimate of drug-likeness (QED) is 0.585. The maximum absolute atomic E-state index is 12.9. The highest BCUT2D eigenvalue weighted by Crippen LogP contribution is 2.22. The molecule has 0 heterocycles. The van der Waals surface area contributed by atoms with Crippen LogP contribution in [0.25, 0.3) is 11.6 Å². The van der Waals surface area contributed by atoms with Crippen LogP contribution in [0, 0.1) is 11.7 Å². The van der Waals surface area contributed by atoms with Gasteiger partial charge in [0.2, 0.25) is 0 Å². The van der Waals surface area contributed by atoms with E-state index in [0.717, 1.165) is 11.1 Å². The molecule has 0 saturated heterocycles. The molecular formula is C18H17FO. The molecule has 0 atom stereocenters. The second-order valence-electron chi connectivity index (χ2n) is 4.99. The third-order valence-electron chi connectivity index (χ3n) is 3.06. The van der Waals surface area contributed by atoms with Gasteiger partial charge in [-0.1, -0.05) is 56.3 Å². The molecule has 0 aliphatic carbocycles. The van der Waals surface area contributed by atoms with Gasteiger partial charge in [0.1, 0.15) is 5.82 Å². The smallest absolute Gasteiger partial charge is 0.166 e. The molecule has 2 aromatic carbocycles. The van der Waals surface area contributed by atoms with Crippen molar-refractivity contribution in [3.05, 3.63) is 71.5 Å². The molecule has 2 rings (SSSR count). The summed E-state index contributed by atoms with van der Waals surface area (Å²) in [6.45, 7) is 3.76. The topological polar surface area (TPSA) is 17.1 Å². The molecular weight excluding hydrogens is 251 g/mol. The van der Waals surface area contributed by atoms with E-state index < -0.39 is 0 Å². The molecule has 0 bridgehead atoms. The molecule has 0 aromatic heterocycles. The summed E-state index contributed by atoms with van der Waals surface area (Å²) in [5.41, 5.74) is 2.36. The average Bonchev–Trinajstić information content (AvgIpc) is 2.47. The first-order valence-electron chi connectivity index (χ1n) is 6.65. The van der Waals surface area contributed by atoms with Crippen molar-refractivity contribution < 1.29 is 9.18 Å². The number of rotatable bonds is 4. The highest BCUT2D eigenvalue weighted by Gasteiger charge is 2.15. The standard InChI is InChI=1S/C18H17FO/c1-13(2)18(20)17(15-6-4-3-5-7-15)12-14-8-10-16(19)11-9-14/h3-13H,1-2H3. The van der Waals surface area contributed by atoms with E-state index in [-0.39, 0.29) is 17.5 Å². The van der Waals surface area contributed by atoms with Gasteiger partial charge in [0.15, 0.2) is 5.78 Å². The number of hydrogen-bond donors (Lipinski definition) is 0. The average molecular weight is 268 g/mol. The lowest BCUT2D eigenvalue weighted by Gasteiger charge is -2.10. The van der Waals surface area contributed by atoms with Gasteiger partial charge in [0, 0.05) is 11.5 Å². The summed E-state index contributed by atoms with van der Waals surface area (Å²) in [6, 6.07) is 15.7. The Bertz CT molecular complexity index is 610. The van der Waals surface area contributed by atoms with Gasteiger partial charge in [0.25, 0.3) is 0 Å². The predicted molar refractivity (Wildman–Crippen MR) is 80.6 cm³/mol. The molecule has 0 spiro atoms. The van der Waals surface area contributed by atoms with Crippen LogP contribution in [0.15, 0.2) is 54.6 Å². The molecule has 0 N–H and O–H groups in total. The molecule has 0 fully saturated rings. The van der Waals surface area contributed by atoms with E-state index >= 15 is 0 Å². The van der Waals surface area contributed by atoms with Crippen LogP contribution in [0.2, 0.25) is 0 Å². The number of allylic oxidation sites excluding steroid dienone is 1. The number of halogens is 1. The Morgan fingerprint density at radius 1 is 1.00 bits per heavy atom. The van der Waals surface area contributed by atoms with E-state index in [0.29, 0.717) is 5.57 Å². The summed E-state index contributed by atoms with van der Waals surface area (Å²) in [6.07, 6.45) is 1.82. The van der Waals surface area contributed by atoms with Crippen molar-refractivity contribution in [2.75, 3.05) is 0 Å². The van der Waals surface area contributed by atoms with Crippen molar-refractivity contribution in [1.29, 1.82) is 0 Å². The number of Topliss-reactive ketones (excluding diaryl/α,β-unsaturated/α-hetero) is 1. The second kappa shape index (κ2) is 6.29. The molecule has 0 aliphatic rings. The third-order valence-corrected chi connectivity index (χ3v) is 3.06. The van der Waals surface area contributed by atoms with Crippen molar-refractivity contribution in [3.63, 3.8) is 0 Å². The number of carbonyl (C=O) groups excluding carboxylic acids is 1. The Hall–Kier alpha value is -2.22. The minimum atomic E-state index is -0.279. The molecule has 0 aliphatic heterocycles. The van der Waals surface area contributed by atoms with Crippen LogP contribution < -0.4 is 0 Å². The van der Waals surface area contributed by atoms with Gasteiger partial charge in [0.05, 0.1) is 0 Å². The van der Waals surface area contributed by atoms with E-state index in [1.54, 1.807) is 12.1 Å². The van der Waals surface area contributed by atoms with Gasteiger partial charge in [-0.2, -0.15) is 0 Å². The zero-order chi connectivity index (χ0) is 14.5. The van der Waals surface area contributed by atoms with Crippen LogP contribution in [-0.4, -0.2) is 5.78 Å². The lowest BCUT2D eigenvalue weighted by Crippen LogP contribution is -2.09. The Balaban J connectivity index is 2.46. The zero-order valence-corrected chi connectivity index (χ0v) is 11.6. The lowest BCUT2D eigenvalue weighted by molar-refractivity contribution is -0.116. The lowest BCUT2D eigenvalue weighted by atomic mass is 9.93. The summed E-state index contributed by atoms with van der Waals surface area (Å²) < 4.78 is 12.9. The molecule has 0 radical (unpaired) electrons. The van der Waals surface area contributed by atoms with Gasteiger partial charge < -0.3 is 0 Å². The van der Waals surface area contributed by atoms with E-state index in [1.165, 1.54) is 12.1 Å². The van der Waals surface area contributed by atoms with Crippen LogP contribution in [0.3, 0.4) is 0 Å². The first kappa shape index (κ1) is 14.2. The van der Waals surface area contributed by atoms with Crippen LogP contribution in [0.4, 0.5) is 4.39 Å². The van der Waals surface area contributed by atoms with Crippen LogP contribution in [-0.2, 0) is 4.79 Å². The summed E-state index contributed by atoms with van der Waals surface area (Å²) in [5.74, 6) is -0.277. The van der Waals surface area contributed by atoms with Crippen LogP contribution in [0.1, 0.15) is 25.0 Å². The molecule has 0 saturated carbocycles. The Labute approximate surface area is 118 Å². The minimum absolute atomic E-state index is 0.0816. The number of ketones is 1. The van der Waals surface area contributed by atoms with Crippen molar-refractivity contribution >= 4 is 17.4 Å². The van der Waals surface area contributed by atoms with Crippen LogP contribution in [0.5, 0.6) is 0 Å². The molecule has 20 heavy (non-hydrogen) atoms. The minimum Gasteiger partial charge on any atom is -0.294 e. The SMILES string of the molecule is CC(C)C(=O)C(=Cc1ccc(F)cc1)c1ccccc1. The summed E-state index contributed by atoms with van der Waals surface area (Å²) >= 11 is 0. The molecule has 102 valence electrons. The zero-order valence-electron chi connectivity index (χ0n) is 11.6. The van der Waals surface area contributed by atoms with Crippen molar-refractivity contribution in [3.8, 4) is 0 Å². The Morgan fingerprint density at radius 3 is 2.15 bits per heavy atom. The van der Waals surface area contributed by atoms with Gasteiger partial charge >= 0.3 is 0 Å². The largest absolute Gasteiger partial charge is 0.294 e. The first-order chi connectivity index (χ1) is 9.58. The molecule has 0 unspecified atom stereocenters. The van der Waals surface area contributed by atoms with Gasteiger partial charge in [-0.3, -0.25) is 4.79 Å². The van der Waals surface area contributed by atoms with E-state index in [1.807, 2.05) is 50.3 Å². The number of benzene rings is 2.